The van der Waals surface area contributed by atoms with Gasteiger partial charge in [-0.05, 0) is 70.1 Å². The number of nitrogens with zero attached hydrogens (tertiary/aromatic N) is 1. The Morgan fingerprint density at radius 3 is 2.00 bits per heavy atom. The first-order valence-corrected chi connectivity index (χ1v) is 13.9. The molecule has 6 aromatic rings. The van der Waals surface area contributed by atoms with Crippen LogP contribution in [-0.2, 0) is 11.8 Å². The number of rotatable bonds is 1. The number of hydrogen-bond acceptors (Lipinski definition) is 3. The van der Waals surface area contributed by atoms with Crippen molar-refractivity contribution < 1.29 is 0 Å². The predicted octanol–water partition coefficient (Wildman–Crippen LogP) is 8.71. The van der Waals surface area contributed by atoms with Gasteiger partial charge in [-0.15, -0.1) is 11.3 Å². The van der Waals surface area contributed by atoms with Crippen molar-refractivity contribution in [2.75, 3.05) is 0 Å². The van der Waals surface area contributed by atoms with Crippen LogP contribution in [0.4, 0.5) is 0 Å². The predicted molar refractivity (Wildman–Crippen MR) is 150 cm³/mol. The summed E-state index contributed by atoms with van der Waals surface area (Å²) in [6.07, 6.45) is 0.934. The van der Waals surface area contributed by atoms with Crippen LogP contribution >= 0.6 is 23.1 Å². The topological polar surface area (TPSA) is 12.9 Å². The zero-order valence-corrected chi connectivity index (χ0v) is 21.1. The number of thiazole rings is 1. The van der Waals surface area contributed by atoms with E-state index < -0.39 is 0 Å². The molecule has 0 N–H and O–H groups in total. The summed E-state index contributed by atoms with van der Waals surface area (Å²) in [5.41, 5.74) is 10.3. The summed E-state index contributed by atoms with van der Waals surface area (Å²) >= 11 is 3.67. The normalized spacial score (nSPS) is 14.7. The van der Waals surface area contributed by atoms with Gasteiger partial charge >= 0.3 is 0 Å². The molecule has 0 unspecified atom stereocenters. The molecule has 5 aromatic carbocycles. The van der Waals surface area contributed by atoms with Gasteiger partial charge in [-0.2, -0.15) is 0 Å². The number of benzene rings is 5. The minimum absolute atomic E-state index is 0.325. The van der Waals surface area contributed by atoms with Crippen LogP contribution in [0.3, 0.4) is 0 Å². The average Bonchev–Trinajstić information content (AvgIpc) is 3.37. The van der Waals surface area contributed by atoms with E-state index in [1.165, 1.54) is 53.4 Å². The fraction of sp³-hybridized carbons (Fsp3) is 0.0606. The Morgan fingerprint density at radius 2 is 1.22 bits per heavy atom. The minimum atomic E-state index is -0.325. The van der Waals surface area contributed by atoms with Crippen molar-refractivity contribution in [3.8, 4) is 10.6 Å². The Labute approximate surface area is 218 Å². The summed E-state index contributed by atoms with van der Waals surface area (Å²) in [6, 6.07) is 42.5. The highest BCUT2D eigenvalue weighted by Gasteiger charge is 2.48. The highest BCUT2D eigenvalue weighted by Crippen LogP contribution is 2.58. The van der Waals surface area contributed by atoms with Crippen molar-refractivity contribution in [3.05, 3.63) is 149 Å². The average molecular weight is 496 g/mol. The molecule has 36 heavy (non-hydrogen) atoms. The fourth-order valence-electron chi connectivity index (χ4n) is 6.20. The fourth-order valence-corrected chi connectivity index (χ4v) is 8.35. The van der Waals surface area contributed by atoms with E-state index in [9.17, 15) is 0 Å². The van der Waals surface area contributed by atoms with Crippen molar-refractivity contribution in [3.63, 3.8) is 0 Å². The van der Waals surface area contributed by atoms with E-state index in [0.29, 0.717) is 0 Å². The van der Waals surface area contributed by atoms with Gasteiger partial charge in [0.2, 0.25) is 0 Å². The molecule has 1 aliphatic carbocycles. The van der Waals surface area contributed by atoms with Crippen LogP contribution in [0.25, 0.3) is 20.8 Å². The van der Waals surface area contributed by atoms with Crippen LogP contribution < -0.4 is 0 Å². The Bertz CT molecular complexity index is 1720. The van der Waals surface area contributed by atoms with Crippen molar-refractivity contribution in [2.45, 2.75) is 21.6 Å². The van der Waals surface area contributed by atoms with Gasteiger partial charge in [-0.1, -0.05) is 96.7 Å². The van der Waals surface area contributed by atoms with Gasteiger partial charge in [-0.25, -0.2) is 4.98 Å². The molecule has 170 valence electrons. The molecule has 2 aliphatic rings. The molecule has 0 radical (unpaired) electrons. The molecular weight excluding hydrogens is 475 g/mol. The third-order valence-electron chi connectivity index (χ3n) is 7.65. The molecular formula is C33H21NS2. The molecule has 0 bridgehead atoms. The number of fused-ring (bicyclic) bond motifs is 9. The molecule has 0 atom stereocenters. The summed E-state index contributed by atoms with van der Waals surface area (Å²) in [4.78, 5) is 7.65. The van der Waals surface area contributed by atoms with Crippen molar-refractivity contribution >= 4 is 33.3 Å². The molecule has 0 fully saturated rings. The smallest absolute Gasteiger partial charge is 0.124 e. The van der Waals surface area contributed by atoms with E-state index in [-0.39, 0.29) is 5.41 Å². The van der Waals surface area contributed by atoms with E-state index in [1.807, 2.05) is 11.8 Å². The van der Waals surface area contributed by atoms with Crippen LogP contribution in [-0.4, -0.2) is 4.98 Å². The summed E-state index contributed by atoms with van der Waals surface area (Å²) in [7, 11) is 0. The lowest BCUT2D eigenvalue weighted by molar-refractivity contribution is 0.669. The van der Waals surface area contributed by atoms with Gasteiger partial charge in [0.1, 0.15) is 5.01 Å². The first kappa shape index (κ1) is 20.5. The molecule has 0 amide bonds. The number of aromatic nitrogens is 1. The third kappa shape index (κ3) is 2.76. The third-order valence-corrected chi connectivity index (χ3v) is 9.89. The van der Waals surface area contributed by atoms with Gasteiger partial charge < -0.3 is 0 Å². The molecule has 0 saturated heterocycles. The van der Waals surface area contributed by atoms with E-state index in [2.05, 4.69) is 115 Å². The SMILES string of the molecule is c1ccc2c(c1)Cc1cc(-c3nc4ccccc4s3)ccc1C21c2ccccc2Sc2ccccc21. The molecule has 8 rings (SSSR count). The lowest BCUT2D eigenvalue weighted by Gasteiger charge is -2.46. The van der Waals surface area contributed by atoms with Crippen LogP contribution in [0.1, 0.15) is 33.4 Å². The van der Waals surface area contributed by atoms with Gasteiger partial charge in [0, 0.05) is 15.4 Å². The van der Waals surface area contributed by atoms with Gasteiger partial charge in [-0.3, -0.25) is 0 Å². The van der Waals surface area contributed by atoms with E-state index >= 15 is 0 Å². The highest BCUT2D eigenvalue weighted by atomic mass is 32.2. The van der Waals surface area contributed by atoms with Crippen molar-refractivity contribution in [1.29, 1.82) is 0 Å². The molecule has 1 spiro atoms. The van der Waals surface area contributed by atoms with Crippen molar-refractivity contribution in [1.82, 2.24) is 4.98 Å². The Kier molecular flexibility index (Phi) is 4.37. The summed E-state index contributed by atoms with van der Waals surface area (Å²) < 4.78 is 1.24. The largest absolute Gasteiger partial charge is 0.236 e. The molecule has 3 heteroatoms. The van der Waals surface area contributed by atoms with Gasteiger partial charge in [0.15, 0.2) is 0 Å². The highest BCUT2D eigenvalue weighted by molar-refractivity contribution is 7.99. The maximum absolute atomic E-state index is 4.97. The molecule has 0 saturated carbocycles. The Hall–Kier alpha value is -3.66. The minimum Gasteiger partial charge on any atom is -0.236 e. The molecule has 1 aromatic heterocycles. The molecule has 1 aliphatic heterocycles. The summed E-state index contributed by atoms with van der Waals surface area (Å²) in [6.45, 7) is 0. The van der Waals surface area contributed by atoms with E-state index in [0.717, 1.165) is 16.9 Å². The second-order valence-corrected chi connectivity index (χ2v) is 11.7. The summed E-state index contributed by atoms with van der Waals surface area (Å²) in [5, 5.41) is 1.09. The van der Waals surface area contributed by atoms with Crippen LogP contribution in [0.2, 0.25) is 0 Å². The first-order chi connectivity index (χ1) is 17.8. The second kappa shape index (κ2) is 7.67. The lowest BCUT2D eigenvalue weighted by atomic mass is 9.59. The zero-order chi connectivity index (χ0) is 23.7. The van der Waals surface area contributed by atoms with Gasteiger partial charge in [0.05, 0.1) is 15.6 Å². The number of para-hydroxylation sites is 1. The van der Waals surface area contributed by atoms with Crippen LogP contribution in [0.5, 0.6) is 0 Å². The Balaban J connectivity index is 1.44. The first-order valence-electron chi connectivity index (χ1n) is 12.3. The Morgan fingerprint density at radius 1 is 0.583 bits per heavy atom. The molecule has 1 nitrogen and oxygen atoms in total. The quantitative estimate of drug-likeness (QED) is 0.226. The monoisotopic (exact) mass is 495 g/mol. The standard InChI is InChI=1S/C33H21NS2/c1-2-10-24-21(9-1)19-23-20-22(32-34-28-13-5-8-16-31(28)36-32)17-18-25(23)33(24)26-11-3-6-14-29(26)35-30-15-7-4-12-27(30)33/h1-18,20H,19H2. The maximum Gasteiger partial charge on any atom is 0.124 e. The zero-order valence-electron chi connectivity index (χ0n) is 19.4. The van der Waals surface area contributed by atoms with Crippen molar-refractivity contribution in [2.24, 2.45) is 0 Å². The van der Waals surface area contributed by atoms with Crippen LogP contribution in [0.15, 0.2) is 125 Å². The maximum atomic E-state index is 4.97. The van der Waals surface area contributed by atoms with Crippen LogP contribution in [0, 0.1) is 0 Å². The lowest BCUT2D eigenvalue weighted by Crippen LogP contribution is -2.38. The number of hydrogen-bond donors (Lipinski definition) is 0. The van der Waals surface area contributed by atoms with Gasteiger partial charge in [0.25, 0.3) is 0 Å². The molecule has 2 heterocycles. The summed E-state index contributed by atoms with van der Waals surface area (Å²) in [5.74, 6) is 0. The van der Waals surface area contributed by atoms with E-state index in [1.54, 1.807) is 11.3 Å². The second-order valence-electron chi connectivity index (χ2n) is 9.54. The van der Waals surface area contributed by atoms with E-state index in [4.69, 9.17) is 4.98 Å².